The largest absolute Gasteiger partial charge is 0.505 e. The predicted molar refractivity (Wildman–Crippen MR) is 199 cm³/mol. The van der Waals surface area contributed by atoms with Crippen molar-refractivity contribution < 1.29 is 53.9 Å². The molecule has 0 aliphatic heterocycles. The van der Waals surface area contributed by atoms with E-state index in [0.29, 0.717) is 5.69 Å². The van der Waals surface area contributed by atoms with E-state index in [9.17, 15) is 49.4 Å². The maximum Gasteiger partial charge on any atom is 0.323 e. The number of benzene rings is 6. The Morgan fingerprint density at radius 1 is 0.564 bits per heavy atom. The molecule has 0 aliphatic carbocycles. The molecule has 282 valence electrons. The summed E-state index contributed by atoms with van der Waals surface area (Å²) in [6, 6.07) is 20.4. The molecule has 0 spiro atoms. The first-order valence-corrected chi connectivity index (χ1v) is 19.7. The number of carbonyl (C=O) groups is 1. The number of amides is 2. The zero-order chi connectivity index (χ0) is 39.9. The van der Waals surface area contributed by atoms with Crippen molar-refractivity contribution in [1.82, 2.24) is 0 Å². The summed E-state index contributed by atoms with van der Waals surface area (Å²) in [7, 11) is -14.4. The van der Waals surface area contributed by atoms with Crippen molar-refractivity contribution in [1.29, 1.82) is 0 Å². The van der Waals surface area contributed by atoms with E-state index in [1.807, 2.05) is 0 Å². The molecule has 0 heterocycles. The molecule has 55 heavy (non-hydrogen) atoms. The first-order chi connectivity index (χ1) is 25.8. The molecule has 0 aliphatic rings. The van der Waals surface area contributed by atoms with Crippen molar-refractivity contribution in [3.05, 3.63) is 103 Å². The molecule has 2 amide bonds. The standard InChI is InChI=1S/C34H26N6O12S3/c1-18-4-2-3-5-27(18)38-40-31-29(55(50,51)52)17-20-15-23(9-13-26(20)33(31)42)36-34(43)35-22-8-12-25-19(14-22)16-28(54(47,48)49)30(32(25)41)39-37-21-6-10-24(11-7-21)53(44,45)46/h2-17,41-42H,1H3,(H2,35,36,43)(H,44,45,46)(H,47,48,49)(H,50,51,52). The Morgan fingerprint density at radius 3 is 1.49 bits per heavy atom. The number of aryl methyl sites for hydroxylation is 1. The number of rotatable bonds is 9. The molecule has 0 unspecified atom stereocenters. The first kappa shape index (κ1) is 38.4. The van der Waals surface area contributed by atoms with Crippen molar-refractivity contribution in [3.8, 4) is 11.5 Å². The highest BCUT2D eigenvalue weighted by Crippen LogP contribution is 2.43. The molecule has 0 atom stereocenters. The molecule has 6 rings (SSSR count). The van der Waals surface area contributed by atoms with Crippen molar-refractivity contribution in [3.63, 3.8) is 0 Å². The van der Waals surface area contributed by atoms with Crippen LogP contribution < -0.4 is 10.6 Å². The summed E-state index contributed by atoms with van der Waals surface area (Å²) in [4.78, 5) is 11.0. The molecule has 0 radical (unpaired) electrons. The van der Waals surface area contributed by atoms with Crippen LogP contribution in [-0.4, -0.2) is 55.2 Å². The number of nitrogens with zero attached hydrogens (tertiary/aromatic N) is 4. The van der Waals surface area contributed by atoms with E-state index in [0.717, 1.165) is 42.0 Å². The number of hydrogen-bond acceptors (Lipinski definition) is 13. The number of aromatic hydroxyl groups is 2. The summed E-state index contributed by atoms with van der Waals surface area (Å²) in [6.45, 7) is 1.75. The van der Waals surface area contributed by atoms with Crippen molar-refractivity contribution in [2.75, 3.05) is 10.6 Å². The van der Waals surface area contributed by atoms with Gasteiger partial charge >= 0.3 is 6.03 Å². The number of hydrogen-bond donors (Lipinski definition) is 7. The van der Waals surface area contributed by atoms with Gasteiger partial charge in [-0.15, -0.1) is 10.2 Å². The first-order valence-electron chi connectivity index (χ1n) is 15.4. The van der Waals surface area contributed by atoms with Gasteiger partial charge in [0.2, 0.25) is 0 Å². The van der Waals surface area contributed by atoms with Gasteiger partial charge in [0.25, 0.3) is 30.4 Å². The fraction of sp³-hybridized carbons (Fsp3) is 0.0294. The minimum absolute atomic E-state index is 0.00550. The van der Waals surface area contributed by atoms with Gasteiger partial charge in [-0.3, -0.25) is 13.7 Å². The highest BCUT2D eigenvalue weighted by Gasteiger charge is 2.24. The molecule has 6 aromatic rings. The monoisotopic (exact) mass is 806 g/mol. The summed E-state index contributed by atoms with van der Waals surface area (Å²) in [5, 5.41) is 42.7. The minimum atomic E-state index is -5.02. The van der Waals surface area contributed by atoms with Crippen LogP contribution in [-0.2, 0) is 30.4 Å². The van der Waals surface area contributed by atoms with Crippen LogP contribution >= 0.6 is 0 Å². The third kappa shape index (κ3) is 8.41. The summed E-state index contributed by atoms with van der Waals surface area (Å²) in [6.07, 6.45) is 0. The van der Waals surface area contributed by atoms with E-state index in [-0.39, 0.29) is 38.6 Å². The number of fused-ring (bicyclic) bond motifs is 2. The smallest absolute Gasteiger partial charge is 0.323 e. The lowest BCUT2D eigenvalue weighted by Gasteiger charge is -2.13. The van der Waals surface area contributed by atoms with E-state index in [4.69, 9.17) is 4.55 Å². The van der Waals surface area contributed by atoms with Gasteiger partial charge in [0.1, 0.15) is 21.2 Å². The second-order valence-corrected chi connectivity index (χ2v) is 15.9. The summed E-state index contributed by atoms with van der Waals surface area (Å²) >= 11 is 0. The van der Waals surface area contributed by atoms with Gasteiger partial charge in [-0.2, -0.15) is 35.5 Å². The van der Waals surface area contributed by atoms with Crippen LogP contribution in [0, 0.1) is 6.92 Å². The highest BCUT2D eigenvalue weighted by molar-refractivity contribution is 7.86. The van der Waals surface area contributed by atoms with Gasteiger partial charge in [-0.1, -0.05) is 18.2 Å². The molecule has 7 N–H and O–H groups in total. The fourth-order valence-corrected chi connectivity index (χ4v) is 7.11. The van der Waals surface area contributed by atoms with Gasteiger partial charge in [-0.05, 0) is 102 Å². The van der Waals surface area contributed by atoms with Crippen LogP contribution in [0.5, 0.6) is 11.5 Å². The second-order valence-electron chi connectivity index (χ2n) is 11.7. The van der Waals surface area contributed by atoms with E-state index in [1.54, 1.807) is 31.2 Å². The van der Waals surface area contributed by atoms with Gasteiger partial charge in [-0.25, -0.2) is 4.79 Å². The number of anilines is 2. The van der Waals surface area contributed by atoms with E-state index in [1.165, 1.54) is 36.4 Å². The van der Waals surface area contributed by atoms with Crippen molar-refractivity contribution >= 4 is 92.1 Å². The number of azo groups is 2. The Kier molecular flexibility index (Phi) is 10.1. The molecule has 0 saturated carbocycles. The SMILES string of the molecule is Cc1ccccc1N=Nc1c(S(=O)(=O)O)cc2cc(NC(=O)Nc3ccc4c(O)c(N=Nc5ccc(S(=O)(=O)O)cc5)c(S(=O)(=O)O)cc4c3)ccc2c1O. The maximum atomic E-state index is 13.0. The topological polar surface area (TPSA) is 294 Å². The van der Waals surface area contributed by atoms with Crippen LogP contribution in [0.1, 0.15) is 5.56 Å². The number of phenolic OH excluding ortho intramolecular Hbond substituents is 2. The minimum Gasteiger partial charge on any atom is -0.505 e. The van der Waals surface area contributed by atoms with E-state index >= 15 is 0 Å². The third-order valence-corrected chi connectivity index (χ3v) is 10.5. The number of phenols is 2. The van der Waals surface area contributed by atoms with Crippen molar-refractivity contribution in [2.24, 2.45) is 20.5 Å². The molecule has 0 fully saturated rings. The van der Waals surface area contributed by atoms with Gasteiger partial charge < -0.3 is 20.8 Å². The average molecular weight is 807 g/mol. The van der Waals surface area contributed by atoms with Crippen LogP contribution in [0.15, 0.2) is 132 Å². The van der Waals surface area contributed by atoms with Crippen LogP contribution in [0.2, 0.25) is 0 Å². The molecule has 18 nitrogen and oxygen atoms in total. The fourth-order valence-electron chi connectivity index (χ4n) is 5.31. The van der Waals surface area contributed by atoms with Crippen LogP contribution in [0.25, 0.3) is 21.5 Å². The maximum absolute atomic E-state index is 13.0. The lowest BCUT2D eigenvalue weighted by Crippen LogP contribution is -2.19. The molecule has 0 bridgehead atoms. The quantitative estimate of drug-likeness (QED) is 0.0541. The second kappa shape index (κ2) is 14.5. The number of carbonyl (C=O) groups excluding carboxylic acids is 1. The molecule has 6 aromatic carbocycles. The van der Waals surface area contributed by atoms with Gasteiger partial charge in [0, 0.05) is 22.1 Å². The number of nitrogens with one attached hydrogen (secondary N) is 2. The van der Waals surface area contributed by atoms with E-state index < -0.39 is 73.9 Å². The zero-order valence-corrected chi connectivity index (χ0v) is 30.3. The van der Waals surface area contributed by atoms with Gasteiger partial charge in [0.05, 0.1) is 16.3 Å². The lowest BCUT2D eigenvalue weighted by molar-refractivity contribution is 0.262. The van der Waals surface area contributed by atoms with E-state index in [2.05, 4.69) is 31.1 Å². The zero-order valence-electron chi connectivity index (χ0n) is 27.8. The summed E-state index contributed by atoms with van der Waals surface area (Å²) < 4.78 is 101. The predicted octanol–water partition coefficient (Wildman–Crippen LogP) is 7.93. The Labute approximate surface area is 311 Å². The Morgan fingerprint density at radius 2 is 1.04 bits per heavy atom. The molecular formula is C34H26N6O12S3. The Bertz CT molecular complexity index is 2960. The van der Waals surface area contributed by atoms with Crippen LogP contribution in [0.3, 0.4) is 0 Å². The van der Waals surface area contributed by atoms with Crippen molar-refractivity contribution in [2.45, 2.75) is 21.6 Å². The normalized spacial score (nSPS) is 12.5. The summed E-state index contributed by atoms with van der Waals surface area (Å²) in [5.41, 5.74) is 0.191. The highest BCUT2D eigenvalue weighted by atomic mass is 32.2. The average Bonchev–Trinajstić information content (AvgIpc) is 3.10. The Balaban J connectivity index is 1.27. The molecule has 0 aromatic heterocycles. The summed E-state index contributed by atoms with van der Waals surface area (Å²) in [5.74, 6) is -1.30. The molecular weight excluding hydrogens is 781 g/mol. The Hall–Kier alpha value is -6.36. The molecule has 0 saturated heterocycles. The molecule has 21 heteroatoms. The van der Waals surface area contributed by atoms with Crippen LogP contribution in [0.4, 0.5) is 38.9 Å². The number of urea groups is 1. The van der Waals surface area contributed by atoms with Gasteiger partial charge in [0.15, 0.2) is 11.5 Å². The lowest BCUT2D eigenvalue weighted by atomic mass is 10.1. The third-order valence-electron chi connectivity index (χ3n) is 7.95.